The number of nitrogens with two attached hydrogens (primary N) is 1. The van der Waals surface area contributed by atoms with Crippen molar-refractivity contribution in [1.29, 1.82) is 0 Å². The Hall–Kier alpha value is -1.13. The van der Waals surface area contributed by atoms with E-state index in [4.69, 9.17) is 10.5 Å². The predicted molar refractivity (Wildman–Crippen MR) is 77.2 cm³/mol. The number of benzene rings is 1. The van der Waals surface area contributed by atoms with Gasteiger partial charge in [-0.3, -0.25) is 0 Å². The van der Waals surface area contributed by atoms with Gasteiger partial charge in [-0.05, 0) is 50.0 Å². The second kappa shape index (κ2) is 5.70. The molecule has 2 N–H and O–H groups in total. The molecule has 0 spiro atoms. The Morgan fingerprint density at radius 2 is 2.10 bits per heavy atom. The van der Waals surface area contributed by atoms with Crippen LogP contribution in [0.3, 0.4) is 0 Å². The highest BCUT2D eigenvalue weighted by molar-refractivity contribution is 5.38. The Kier molecular flexibility index (Phi) is 3.94. The minimum absolute atomic E-state index is 0.131. The smallest absolute Gasteiger partial charge is 0.124 e. The summed E-state index contributed by atoms with van der Waals surface area (Å²) in [7, 11) is 0. The fourth-order valence-electron chi connectivity index (χ4n) is 3.21. The molecule has 2 aliphatic rings. The maximum atomic E-state index is 13.4. The molecule has 1 aromatic rings. The summed E-state index contributed by atoms with van der Waals surface area (Å²) in [4.78, 5) is 2.47. The molecule has 0 aliphatic carbocycles. The molecule has 20 heavy (non-hydrogen) atoms. The van der Waals surface area contributed by atoms with Crippen molar-refractivity contribution in [2.45, 2.75) is 25.8 Å². The number of hydrogen-bond donors (Lipinski definition) is 1. The lowest BCUT2D eigenvalue weighted by molar-refractivity contribution is 0.114. The van der Waals surface area contributed by atoms with Crippen LogP contribution >= 0.6 is 0 Å². The summed E-state index contributed by atoms with van der Waals surface area (Å²) < 4.78 is 19.1. The predicted octanol–water partition coefficient (Wildman–Crippen LogP) is 2.57. The molecule has 1 fully saturated rings. The largest absolute Gasteiger partial charge is 0.493 e. The molecule has 3 rings (SSSR count). The van der Waals surface area contributed by atoms with Crippen molar-refractivity contribution in [3.63, 3.8) is 0 Å². The van der Waals surface area contributed by atoms with Gasteiger partial charge in [0.1, 0.15) is 11.6 Å². The van der Waals surface area contributed by atoms with Gasteiger partial charge in [0, 0.05) is 24.1 Å². The molecular weight excluding hydrogens is 255 g/mol. The molecule has 2 unspecified atom stereocenters. The molecule has 0 amide bonds. The van der Waals surface area contributed by atoms with E-state index in [0.717, 1.165) is 36.9 Å². The summed E-state index contributed by atoms with van der Waals surface area (Å²) in [5, 5.41) is 0. The first-order valence-corrected chi connectivity index (χ1v) is 7.53. The lowest BCUT2D eigenvalue weighted by atomic mass is 9.89. The Bertz CT molecular complexity index is 472. The Balaban J connectivity index is 1.67. The van der Waals surface area contributed by atoms with E-state index in [1.807, 2.05) is 0 Å². The van der Waals surface area contributed by atoms with E-state index < -0.39 is 0 Å². The summed E-state index contributed by atoms with van der Waals surface area (Å²) in [5.41, 5.74) is 7.14. The molecular formula is C16H23FN2O. The van der Waals surface area contributed by atoms with Gasteiger partial charge in [0.2, 0.25) is 0 Å². The molecule has 110 valence electrons. The van der Waals surface area contributed by atoms with Crippen LogP contribution in [0.15, 0.2) is 18.2 Å². The van der Waals surface area contributed by atoms with Crippen LogP contribution in [0.25, 0.3) is 0 Å². The molecule has 2 atom stereocenters. The number of nitrogens with zero attached hydrogens (tertiary/aromatic N) is 1. The summed E-state index contributed by atoms with van der Waals surface area (Å²) in [6, 6.07) is 4.50. The lowest BCUT2D eigenvalue weighted by Crippen LogP contribution is -2.43. The van der Waals surface area contributed by atoms with Gasteiger partial charge in [0.15, 0.2) is 0 Å². The van der Waals surface area contributed by atoms with Gasteiger partial charge in [0.25, 0.3) is 0 Å². The molecule has 0 aromatic heterocycles. The van der Waals surface area contributed by atoms with E-state index in [9.17, 15) is 4.39 Å². The van der Waals surface area contributed by atoms with Gasteiger partial charge < -0.3 is 15.4 Å². The average molecular weight is 278 g/mol. The number of ether oxygens (including phenoxy) is 1. The summed E-state index contributed by atoms with van der Waals surface area (Å²) in [6.45, 7) is 6.17. The Labute approximate surface area is 119 Å². The maximum Gasteiger partial charge on any atom is 0.124 e. The number of halogens is 1. The van der Waals surface area contributed by atoms with Crippen molar-refractivity contribution in [1.82, 2.24) is 4.90 Å². The third kappa shape index (κ3) is 2.81. The minimum Gasteiger partial charge on any atom is -0.493 e. The van der Waals surface area contributed by atoms with Gasteiger partial charge in [-0.25, -0.2) is 4.39 Å². The highest BCUT2D eigenvalue weighted by Gasteiger charge is 2.30. The van der Waals surface area contributed by atoms with Crippen LogP contribution in [0.5, 0.6) is 5.75 Å². The normalized spacial score (nSPS) is 27.9. The molecule has 2 aliphatic heterocycles. The first-order valence-electron chi connectivity index (χ1n) is 7.53. The minimum atomic E-state index is -0.241. The maximum absolute atomic E-state index is 13.4. The van der Waals surface area contributed by atoms with E-state index in [2.05, 4.69) is 11.8 Å². The van der Waals surface area contributed by atoms with E-state index in [1.54, 1.807) is 6.07 Å². The van der Waals surface area contributed by atoms with Crippen LogP contribution in [0.1, 0.15) is 31.4 Å². The Morgan fingerprint density at radius 1 is 1.35 bits per heavy atom. The molecule has 1 saturated heterocycles. The third-order valence-electron chi connectivity index (χ3n) is 4.66. The summed E-state index contributed by atoms with van der Waals surface area (Å²) in [5.74, 6) is 1.58. The second-order valence-corrected chi connectivity index (χ2v) is 6.26. The van der Waals surface area contributed by atoms with Crippen molar-refractivity contribution >= 4 is 0 Å². The molecule has 1 aromatic carbocycles. The molecule has 0 radical (unpaired) electrons. The highest BCUT2D eigenvalue weighted by Crippen LogP contribution is 2.35. The zero-order valence-corrected chi connectivity index (χ0v) is 12.0. The van der Waals surface area contributed by atoms with Crippen molar-refractivity contribution in [2.75, 3.05) is 26.2 Å². The Morgan fingerprint density at radius 3 is 2.85 bits per heavy atom. The van der Waals surface area contributed by atoms with E-state index in [1.165, 1.54) is 25.0 Å². The van der Waals surface area contributed by atoms with Crippen LogP contribution in [0.2, 0.25) is 0 Å². The van der Waals surface area contributed by atoms with Crippen molar-refractivity contribution in [3.8, 4) is 5.75 Å². The third-order valence-corrected chi connectivity index (χ3v) is 4.66. The monoisotopic (exact) mass is 278 g/mol. The van der Waals surface area contributed by atoms with Crippen LogP contribution in [0.4, 0.5) is 4.39 Å². The lowest BCUT2D eigenvalue weighted by Gasteiger charge is -2.37. The molecule has 3 nitrogen and oxygen atoms in total. The average Bonchev–Trinajstić information content (AvgIpc) is 2.45. The van der Waals surface area contributed by atoms with Gasteiger partial charge in [0.05, 0.1) is 6.61 Å². The topological polar surface area (TPSA) is 38.5 Å². The number of piperidine rings is 1. The zero-order valence-electron chi connectivity index (χ0n) is 12.0. The van der Waals surface area contributed by atoms with Gasteiger partial charge >= 0.3 is 0 Å². The fourth-order valence-corrected chi connectivity index (χ4v) is 3.21. The van der Waals surface area contributed by atoms with Crippen LogP contribution in [-0.2, 0) is 0 Å². The summed E-state index contributed by atoms with van der Waals surface area (Å²) in [6.07, 6.45) is 2.52. The molecule has 0 bridgehead atoms. The van der Waals surface area contributed by atoms with Crippen LogP contribution in [-0.4, -0.2) is 31.1 Å². The quantitative estimate of drug-likeness (QED) is 0.903. The second-order valence-electron chi connectivity index (χ2n) is 6.26. The number of fused-ring (bicyclic) bond motifs is 1. The van der Waals surface area contributed by atoms with Gasteiger partial charge in [-0.1, -0.05) is 6.92 Å². The zero-order chi connectivity index (χ0) is 14.1. The molecule has 0 saturated carbocycles. The van der Waals surface area contributed by atoms with Gasteiger partial charge in [-0.15, -0.1) is 0 Å². The van der Waals surface area contributed by atoms with Crippen LogP contribution in [0, 0.1) is 17.7 Å². The molecule has 4 heteroatoms. The first kappa shape index (κ1) is 13.8. The fraction of sp³-hybridized carbons (Fsp3) is 0.625. The standard InChI is InChI=1S/C16H23FN2O/c1-11-4-6-19(7-5-11)9-12-10-20-15-3-2-13(17)8-14(15)16(12)18/h2-3,8,11-12,16H,4-7,9-10,18H2,1H3. The van der Waals surface area contributed by atoms with Crippen molar-refractivity contribution < 1.29 is 9.13 Å². The van der Waals surface area contributed by atoms with Crippen LogP contribution < -0.4 is 10.5 Å². The first-order chi connectivity index (χ1) is 9.63. The van der Waals surface area contributed by atoms with Crippen molar-refractivity contribution in [3.05, 3.63) is 29.6 Å². The van der Waals surface area contributed by atoms with E-state index in [0.29, 0.717) is 6.61 Å². The van der Waals surface area contributed by atoms with Crippen molar-refractivity contribution in [2.24, 2.45) is 17.6 Å². The SMILES string of the molecule is CC1CCN(CC2COc3ccc(F)cc3C2N)CC1. The number of rotatable bonds is 2. The number of likely N-dealkylation sites (tertiary alicyclic amines) is 1. The van der Waals surface area contributed by atoms with E-state index >= 15 is 0 Å². The molecule has 2 heterocycles. The number of hydrogen-bond acceptors (Lipinski definition) is 3. The van der Waals surface area contributed by atoms with E-state index in [-0.39, 0.29) is 17.8 Å². The highest BCUT2D eigenvalue weighted by atomic mass is 19.1. The summed E-state index contributed by atoms with van der Waals surface area (Å²) >= 11 is 0. The van der Waals surface area contributed by atoms with Gasteiger partial charge in [-0.2, -0.15) is 0 Å².